The van der Waals surface area contributed by atoms with Crippen molar-refractivity contribution >= 4 is 22.9 Å². The fourth-order valence-electron chi connectivity index (χ4n) is 2.69. The van der Waals surface area contributed by atoms with Crippen molar-refractivity contribution < 1.29 is 0 Å². The van der Waals surface area contributed by atoms with E-state index in [2.05, 4.69) is 30.5 Å². The van der Waals surface area contributed by atoms with Crippen LogP contribution in [0.3, 0.4) is 0 Å². The highest BCUT2D eigenvalue weighted by atomic mass is 35.5. The monoisotopic (exact) mass is 286 g/mol. The number of hydrogen-bond donors (Lipinski definition) is 2. The van der Waals surface area contributed by atoms with Crippen LogP contribution in [0, 0.1) is 0 Å². The first-order valence-electron chi connectivity index (χ1n) is 6.90. The SMILES string of the molecule is CC(CC1CCCCN1)NC(C)c1ccc(Cl)s1. The summed E-state index contributed by atoms with van der Waals surface area (Å²) < 4.78 is 0.875. The second-order valence-electron chi connectivity index (χ2n) is 5.31. The number of hydrogen-bond acceptors (Lipinski definition) is 3. The van der Waals surface area contributed by atoms with Gasteiger partial charge in [0.1, 0.15) is 0 Å². The summed E-state index contributed by atoms with van der Waals surface area (Å²) in [6, 6.07) is 5.72. The zero-order valence-corrected chi connectivity index (χ0v) is 12.8. The highest BCUT2D eigenvalue weighted by Gasteiger charge is 2.17. The molecule has 2 N–H and O–H groups in total. The van der Waals surface area contributed by atoms with Gasteiger partial charge in [-0.3, -0.25) is 0 Å². The summed E-state index contributed by atoms with van der Waals surface area (Å²) in [4.78, 5) is 1.32. The second kappa shape index (κ2) is 6.90. The molecule has 1 aromatic rings. The van der Waals surface area contributed by atoms with E-state index in [0.29, 0.717) is 18.1 Å². The van der Waals surface area contributed by atoms with Crippen LogP contribution in [0.2, 0.25) is 4.34 Å². The van der Waals surface area contributed by atoms with Crippen molar-refractivity contribution in [3.63, 3.8) is 0 Å². The van der Waals surface area contributed by atoms with Gasteiger partial charge in [0, 0.05) is 23.0 Å². The molecular formula is C14H23ClN2S. The lowest BCUT2D eigenvalue weighted by Crippen LogP contribution is -2.40. The number of thiophene rings is 1. The minimum absolute atomic E-state index is 0.390. The Morgan fingerprint density at radius 1 is 1.44 bits per heavy atom. The van der Waals surface area contributed by atoms with Gasteiger partial charge in [-0.2, -0.15) is 0 Å². The van der Waals surface area contributed by atoms with Crippen LogP contribution in [-0.4, -0.2) is 18.6 Å². The van der Waals surface area contributed by atoms with Crippen molar-refractivity contribution in [3.05, 3.63) is 21.3 Å². The minimum atomic E-state index is 0.390. The van der Waals surface area contributed by atoms with E-state index in [1.807, 2.05) is 6.07 Å². The van der Waals surface area contributed by atoms with E-state index < -0.39 is 0 Å². The van der Waals surface area contributed by atoms with Gasteiger partial charge in [-0.05, 0) is 51.8 Å². The van der Waals surface area contributed by atoms with Gasteiger partial charge in [-0.1, -0.05) is 18.0 Å². The molecule has 2 nitrogen and oxygen atoms in total. The molecule has 4 heteroatoms. The Bertz CT molecular complexity index is 360. The van der Waals surface area contributed by atoms with Crippen molar-refractivity contribution in [3.8, 4) is 0 Å². The van der Waals surface area contributed by atoms with Crippen LogP contribution in [0.4, 0.5) is 0 Å². The van der Waals surface area contributed by atoms with Crippen LogP contribution < -0.4 is 10.6 Å². The Kier molecular flexibility index (Phi) is 5.49. The molecule has 102 valence electrons. The molecule has 0 amide bonds. The van der Waals surface area contributed by atoms with Gasteiger partial charge in [0.25, 0.3) is 0 Å². The molecule has 1 aliphatic rings. The molecule has 3 unspecified atom stereocenters. The number of rotatable bonds is 5. The average molecular weight is 287 g/mol. The van der Waals surface area contributed by atoms with Crippen LogP contribution in [-0.2, 0) is 0 Å². The lowest BCUT2D eigenvalue weighted by Gasteiger charge is -2.28. The molecule has 0 saturated carbocycles. The summed E-state index contributed by atoms with van der Waals surface area (Å²) in [5, 5.41) is 7.28. The van der Waals surface area contributed by atoms with Crippen molar-refractivity contribution in [2.45, 2.75) is 57.7 Å². The topological polar surface area (TPSA) is 24.1 Å². The molecule has 0 bridgehead atoms. The van der Waals surface area contributed by atoms with Crippen LogP contribution in [0.15, 0.2) is 12.1 Å². The first-order chi connectivity index (χ1) is 8.65. The maximum absolute atomic E-state index is 5.98. The molecule has 1 saturated heterocycles. The quantitative estimate of drug-likeness (QED) is 0.856. The summed E-state index contributed by atoms with van der Waals surface area (Å²) in [5.74, 6) is 0. The fraction of sp³-hybridized carbons (Fsp3) is 0.714. The van der Waals surface area contributed by atoms with Crippen LogP contribution in [0.1, 0.15) is 50.4 Å². The molecule has 1 aliphatic heterocycles. The Morgan fingerprint density at radius 3 is 2.89 bits per heavy atom. The summed E-state index contributed by atoms with van der Waals surface area (Å²) in [7, 11) is 0. The predicted octanol–water partition coefficient (Wildman–Crippen LogP) is 3.97. The van der Waals surface area contributed by atoms with E-state index in [0.717, 1.165) is 4.34 Å². The highest BCUT2D eigenvalue weighted by molar-refractivity contribution is 7.16. The van der Waals surface area contributed by atoms with Gasteiger partial charge in [0.2, 0.25) is 0 Å². The fourth-order valence-corrected chi connectivity index (χ4v) is 3.76. The third-order valence-corrected chi connectivity index (χ3v) is 5.02. The Balaban J connectivity index is 1.77. The largest absolute Gasteiger partial charge is 0.314 e. The number of nitrogens with one attached hydrogen (secondary N) is 2. The molecule has 1 fully saturated rings. The van der Waals surface area contributed by atoms with Gasteiger partial charge in [0.05, 0.1) is 4.34 Å². The zero-order valence-electron chi connectivity index (χ0n) is 11.2. The van der Waals surface area contributed by atoms with E-state index in [4.69, 9.17) is 11.6 Å². The molecule has 2 heterocycles. The first-order valence-corrected chi connectivity index (χ1v) is 8.09. The maximum atomic E-state index is 5.98. The second-order valence-corrected chi connectivity index (χ2v) is 7.06. The van der Waals surface area contributed by atoms with Crippen molar-refractivity contribution in [2.24, 2.45) is 0 Å². The number of piperidine rings is 1. The molecule has 3 atom stereocenters. The maximum Gasteiger partial charge on any atom is 0.0931 e. The van der Waals surface area contributed by atoms with Gasteiger partial charge >= 0.3 is 0 Å². The molecular weight excluding hydrogens is 264 g/mol. The van der Waals surface area contributed by atoms with Crippen molar-refractivity contribution in [2.75, 3.05) is 6.54 Å². The van der Waals surface area contributed by atoms with Crippen molar-refractivity contribution in [1.29, 1.82) is 0 Å². The lowest BCUT2D eigenvalue weighted by molar-refractivity contribution is 0.335. The smallest absolute Gasteiger partial charge is 0.0931 e. The predicted molar refractivity (Wildman–Crippen MR) is 80.6 cm³/mol. The van der Waals surface area contributed by atoms with Gasteiger partial charge in [-0.25, -0.2) is 0 Å². The first kappa shape index (κ1) is 14.3. The average Bonchev–Trinajstić information content (AvgIpc) is 2.77. The summed E-state index contributed by atoms with van der Waals surface area (Å²) in [5.41, 5.74) is 0. The van der Waals surface area contributed by atoms with E-state index >= 15 is 0 Å². The van der Waals surface area contributed by atoms with Gasteiger partial charge in [-0.15, -0.1) is 11.3 Å². The van der Waals surface area contributed by atoms with E-state index in [9.17, 15) is 0 Å². The van der Waals surface area contributed by atoms with E-state index in [1.165, 1.54) is 37.1 Å². The van der Waals surface area contributed by atoms with Gasteiger partial charge < -0.3 is 10.6 Å². The zero-order chi connectivity index (χ0) is 13.0. The molecule has 1 aromatic heterocycles. The third kappa shape index (κ3) is 4.23. The molecule has 0 spiro atoms. The summed E-state index contributed by atoms with van der Waals surface area (Å²) >= 11 is 7.65. The minimum Gasteiger partial charge on any atom is -0.314 e. The summed E-state index contributed by atoms with van der Waals surface area (Å²) in [6.45, 7) is 5.68. The molecule has 0 aliphatic carbocycles. The van der Waals surface area contributed by atoms with E-state index in [1.54, 1.807) is 11.3 Å². The Hall–Kier alpha value is -0.0900. The van der Waals surface area contributed by atoms with Gasteiger partial charge in [0.15, 0.2) is 0 Å². The molecule has 2 rings (SSSR count). The van der Waals surface area contributed by atoms with Crippen LogP contribution in [0.5, 0.6) is 0 Å². The summed E-state index contributed by atoms with van der Waals surface area (Å²) in [6.07, 6.45) is 5.25. The third-order valence-electron chi connectivity index (χ3n) is 3.61. The van der Waals surface area contributed by atoms with E-state index in [-0.39, 0.29) is 0 Å². The normalized spacial score (nSPS) is 23.8. The van der Waals surface area contributed by atoms with Crippen LogP contribution >= 0.6 is 22.9 Å². The molecule has 0 radical (unpaired) electrons. The molecule has 0 aromatic carbocycles. The van der Waals surface area contributed by atoms with Crippen molar-refractivity contribution in [1.82, 2.24) is 10.6 Å². The lowest BCUT2D eigenvalue weighted by atomic mass is 9.98. The number of halogens is 1. The Morgan fingerprint density at radius 2 is 2.28 bits per heavy atom. The van der Waals surface area contributed by atoms with Crippen LogP contribution in [0.25, 0.3) is 0 Å². The highest BCUT2D eigenvalue weighted by Crippen LogP contribution is 2.27. The molecule has 18 heavy (non-hydrogen) atoms. The standard InChI is InChI=1S/C14H23ClN2S/c1-10(9-12-5-3-4-8-16-12)17-11(2)13-6-7-14(15)18-13/h6-7,10-12,16-17H,3-5,8-9H2,1-2H3. The Labute approximate surface area is 119 Å².